The van der Waals surface area contributed by atoms with Crippen LogP contribution in [0.2, 0.25) is 0 Å². The van der Waals surface area contributed by atoms with Crippen molar-refractivity contribution < 1.29 is 4.79 Å². The third-order valence-corrected chi connectivity index (χ3v) is 6.70. The van der Waals surface area contributed by atoms with Crippen molar-refractivity contribution >= 4 is 50.6 Å². The predicted octanol–water partition coefficient (Wildman–Crippen LogP) is 4.17. The minimum absolute atomic E-state index is 0.0276. The highest BCUT2D eigenvalue weighted by Crippen LogP contribution is 2.35. The lowest BCUT2D eigenvalue weighted by Gasteiger charge is -2.11. The molecular weight excluding hydrogens is 346 g/mol. The molecule has 3 heterocycles. The molecule has 0 saturated carbocycles. The highest BCUT2D eigenvalue weighted by Gasteiger charge is 2.19. The van der Waals surface area contributed by atoms with Crippen molar-refractivity contribution in [3.8, 4) is 0 Å². The number of thiophene rings is 2. The van der Waals surface area contributed by atoms with E-state index in [4.69, 9.17) is 0 Å². The number of nitrogens with one attached hydrogen (secondary N) is 1. The minimum atomic E-state index is -0.201. The number of aromatic nitrogens is 2. The molecule has 1 atom stereocenters. The van der Waals surface area contributed by atoms with E-state index in [-0.39, 0.29) is 11.2 Å². The van der Waals surface area contributed by atoms with E-state index in [0.29, 0.717) is 6.54 Å². The van der Waals surface area contributed by atoms with E-state index in [0.717, 1.165) is 20.1 Å². The summed E-state index contributed by atoms with van der Waals surface area (Å²) in [4.78, 5) is 24.4. The fourth-order valence-corrected chi connectivity index (χ4v) is 4.90. The third-order valence-electron chi connectivity index (χ3n) is 3.61. The van der Waals surface area contributed by atoms with E-state index >= 15 is 0 Å². The molecular formula is C16H17N3OS3. The van der Waals surface area contributed by atoms with Gasteiger partial charge in [-0.3, -0.25) is 4.79 Å². The quantitative estimate of drug-likeness (QED) is 0.546. The molecule has 23 heavy (non-hydrogen) atoms. The first-order valence-corrected chi connectivity index (χ1v) is 9.81. The van der Waals surface area contributed by atoms with Crippen LogP contribution in [0.4, 0.5) is 0 Å². The van der Waals surface area contributed by atoms with Crippen molar-refractivity contribution in [2.45, 2.75) is 37.6 Å². The molecule has 0 saturated heterocycles. The van der Waals surface area contributed by atoms with Gasteiger partial charge in [0.15, 0.2) is 0 Å². The highest BCUT2D eigenvalue weighted by molar-refractivity contribution is 8.00. The molecule has 0 bridgehead atoms. The Morgan fingerprint density at radius 1 is 1.39 bits per heavy atom. The van der Waals surface area contributed by atoms with Crippen molar-refractivity contribution in [3.63, 3.8) is 0 Å². The summed E-state index contributed by atoms with van der Waals surface area (Å²) in [5, 5.41) is 6.76. The van der Waals surface area contributed by atoms with Crippen LogP contribution in [0.25, 0.3) is 10.2 Å². The fraction of sp³-hybridized carbons (Fsp3) is 0.312. The molecule has 0 fully saturated rings. The number of rotatable bonds is 5. The summed E-state index contributed by atoms with van der Waals surface area (Å²) in [6, 6.07) is 4.01. The van der Waals surface area contributed by atoms with Crippen LogP contribution < -0.4 is 5.32 Å². The molecule has 0 aliphatic rings. The summed E-state index contributed by atoms with van der Waals surface area (Å²) in [6.45, 7) is 6.67. The molecule has 0 aromatic carbocycles. The smallest absolute Gasteiger partial charge is 0.233 e. The lowest BCUT2D eigenvalue weighted by molar-refractivity contribution is -0.120. The molecule has 120 valence electrons. The lowest BCUT2D eigenvalue weighted by Crippen LogP contribution is -2.30. The van der Waals surface area contributed by atoms with Crippen molar-refractivity contribution in [1.29, 1.82) is 0 Å². The number of carbonyl (C=O) groups excluding carboxylic acids is 1. The summed E-state index contributed by atoms with van der Waals surface area (Å²) in [7, 11) is 0. The number of thioether (sulfide) groups is 1. The molecule has 0 aliphatic heterocycles. The Morgan fingerprint density at radius 3 is 2.96 bits per heavy atom. The summed E-state index contributed by atoms with van der Waals surface area (Å²) in [6.07, 6.45) is 1.58. The van der Waals surface area contributed by atoms with Gasteiger partial charge in [-0.05, 0) is 37.8 Å². The maximum atomic E-state index is 12.3. The van der Waals surface area contributed by atoms with Crippen LogP contribution in [-0.4, -0.2) is 21.1 Å². The van der Waals surface area contributed by atoms with Crippen molar-refractivity contribution in [3.05, 3.63) is 39.2 Å². The maximum Gasteiger partial charge on any atom is 0.233 e. The Kier molecular flexibility index (Phi) is 4.99. The minimum Gasteiger partial charge on any atom is -0.350 e. The Balaban J connectivity index is 1.72. The first-order chi connectivity index (χ1) is 11.1. The third kappa shape index (κ3) is 3.57. The molecule has 3 aromatic rings. The van der Waals surface area contributed by atoms with Gasteiger partial charge in [0, 0.05) is 15.1 Å². The largest absolute Gasteiger partial charge is 0.350 e. The molecule has 0 spiro atoms. The molecule has 1 N–H and O–H groups in total. The predicted molar refractivity (Wildman–Crippen MR) is 98.4 cm³/mol. The topological polar surface area (TPSA) is 54.9 Å². The number of hydrogen-bond donors (Lipinski definition) is 1. The van der Waals surface area contributed by atoms with Gasteiger partial charge in [-0.1, -0.05) is 17.8 Å². The van der Waals surface area contributed by atoms with Crippen LogP contribution in [0.1, 0.15) is 22.2 Å². The van der Waals surface area contributed by atoms with E-state index in [2.05, 4.69) is 29.1 Å². The van der Waals surface area contributed by atoms with Gasteiger partial charge >= 0.3 is 0 Å². The summed E-state index contributed by atoms with van der Waals surface area (Å²) < 4.78 is 0. The average Bonchev–Trinajstić information content (AvgIpc) is 3.14. The molecule has 7 heteroatoms. The molecule has 0 radical (unpaired) electrons. The normalized spacial score (nSPS) is 12.5. The molecule has 1 amide bonds. The second-order valence-electron chi connectivity index (χ2n) is 5.20. The highest BCUT2D eigenvalue weighted by atomic mass is 32.2. The first-order valence-electron chi connectivity index (χ1n) is 7.23. The SMILES string of the molecule is Cc1sc2ncnc(S[C@H](C)C(=O)NCc3cccs3)c2c1C. The molecule has 3 rings (SSSR count). The second-order valence-corrected chi connectivity index (χ2v) is 8.76. The summed E-state index contributed by atoms with van der Waals surface area (Å²) >= 11 is 4.81. The van der Waals surface area contributed by atoms with Gasteiger partial charge in [0.2, 0.25) is 5.91 Å². The summed E-state index contributed by atoms with van der Waals surface area (Å²) in [5.41, 5.74) is 1.21. The molecule has 3 aromatic heterocycles. The van der Waals surface area contributed by atoms with E-state index in [1.807, 2.05) is 24.4 Å². The Morgan fingerprint density at radius 2 is 2.22 bits per heavy atom. The van der Waals surface area contributed by atoms with E-state index in [9.17, 15) is 4.79 Å². The van der Waals surface area contributed by atoms with Gasteiger partial charge in [0.1, 0.15) is 16.2 Å². The number of amides is 1. The zero-order valence-electron chi connectivity index (χ0n) is 13.1. The van der Waals surface area contributed by atoms with E-state index < -0.39 is 0 Å². The van der Waals surface area contributed by atoms with Crippen molar-refractivity contribution in [2.75, 3.05) is 0 Å². The van der Waals surface area contributed by atoms with Crippen LogP contribution >= 0.6 is 34.4 Å². The van der Waals surface area contributed by atoms with Crippen LogP contribution in [0.5, 0.6) is 0 Å². The Labute approximate surface area is 147 Å². The summed E-state index contributed by atoms with van der Waals surface area (Å²) in [5.74, 6) is 0.0276. The second kappa shape index (κ2) is 6.98. The average molecular weight is 364 g/mol. The van der Waals surface area contributed by atoms with Gasteiger partial charge in [0.05, 0.1) is 11.8 Å². The zero-order valence-corrected chi connectivity index (χ0v) is 15.6. The number of fused-ring (bicyclic) bond motifs is 1. The van der Waals surface area contributed by atoms with Gasteiger partial charge < -0.3 is 5.32 Å². The monoisotopic (exact) mass is 363 g/mol. The number of nitrogens with zero attached hydrogens (tertiary/aromatic N) is 2. The van der Waals surface area contributed by atoms with Crippen LogP contribution in [-0.2, 0) is 11.3 Å². The first kappa shape index (κ1) is 16.4. The Hall–Kier alpha value is -1.44. The van der Waals surface area contributed by atoms with Gasteiger partial charge in [0.25, 0.3) is 0 Å². The van der Waals surface area contributed by atoms with Crippen molar-refractivity contribution in [1.82, 2.24) is 15.3 Å². The fourth-order valence-electron chi connectivity index (χ4n) is 2.19. The molecule has 0 aliphatic carbocycles. The van der Waals surface area contributed by atoms with E-state index in [1.165, 1.54) is 22.2 Å². The van der Waals surface area contributed by atoms with Crippen LogP contribution in [0.3, 0.4) is 0 Å². The van der Waals surface area contributed by atoms with Crippen LogP contribution in [0, 0.1) is 13.8 Å². The number of carbonyl (C=O) groups is 1. The lowest BCUT2D eigenvalue weighted by atomic mass is 10.2. The van der Waals surface area contributed by atoms with Crippen molar-refractivity contribution in [2.24, 2.45) is 0 Å². The zero-order chi connectivity index (χ0) is 16.4. The molecule has 0 unspecified atom stereocenters. The number of aryl methyl sites for hydroxylation is 2. The standard InChI is InChI=1S/C16H17N3OS3/c1-9-10(2)22-15-13(9)16(19-8-18-15)23-11(3)14(20)17-7-12-5-4-6-21-12/h4-6,8,11H,7H2,1-3H3,(H,17,20)/t11-/m1/s1. The van der Waals surface area contributed by atoms with E-state index in [1.54, 1.807) is 29.0 Å². The van der Waals surface area contributed by atoms with Crippen LogP contribution in [0.15, 0.2) is 28.9 Å². The van der Waals surface area contributed by atoms with Gasteiger partial charge in [-0.2, -0.15) is 0 Å². The Bertz CT molecular complexity index is 827. The van der Waals surface area contributed by atoms with Gasteiger partial charge in [-0.15, -0.1) is 22.7 Å². The molecule has 4 nitrogen and oxygen atoms in total. The number of hydrogen-bond acceptors (Lipinski definition) is 6. The van der Waals surface area contributed by atoms with Gasteiger partial charge in [-0.25, -0.2) is 9.97 Å². The maximum absolute atomic E-state index is 12.3.